The Kier molecular flexibility index (Phi) is 5.51. The van der Waals surface area contributed by atoms with Crippen LogP contribution >= 0.6 is 0 Å². The van der Waals surface area contributed by atoms with Crippen LogP contribution in [0.5, 0.6) is 0 Å². The molecule has 0 unspecified atom stereocenters. The molecule has 2 N–H and O–H groups in total. The monoisotopic (exact) mass is 455 g/mol. The number of hydrogen-bond acceptors (Lipinski definition) is 7. The molecular formula is C22H21N3O6S. The number of anilines is 1. The number of nitrogens with zero attached hydrogens (tertiary/aromatic N) is 1. The molecule has 2 aliphatic heterocycles. The van der Waals surface area contributed by atoms with E-state index in [0.717, 1.165) is 5.39 Å². The lowest BCUT2D eigenvalue weighted by Crippen LogP contribution is -2.44. The van der Waals surface area contributed by atoms with Crippen molar-refractivity contribution < 1.29 is 27.4 Å². The van der Waals surface area contributed by atoms with Gasteiger partial charge < -0.3 is 14.2 Å². The van der Waals surface area contributed by atoms with Gasteiger partial charge in [-0.05, 0) is 24.3 Å². The summed E-state index contributed by atoms with van der Waals surface area (Å²) in [5, 5.41) is 3.37. The number of amides is 1. The quantitative estimate of drug-likeness (QED) is 0.606. The Morgan fingerprint density at radius 2 is 1.75 bits per heavy atom. The molecule has 0 spiro atoms. The van der Waals surface area contributed by atoms with E-state index < -0.39 is 40.5 Å². The smallest absolute Gasteiger partial charge is 0.412 e. The molecule has 9 nitrogen and oxygen atoms in total. The van der Waals surface area contributed by atoms with Crippen LogP contribution in [0.1, 0.15) is 0 Å². The van der Waals surface area contributed by atoms with Crippen LogP contribution in [0, 0.1) is 0 Å². The number of rotatable bonds is 5. The molecule has 0 aliphatic carbocycles. The van der Waals surface area contributed by atoms with E-state index >= 15 is 0 Å². The molecule has 0 radical (unpaired) electrons. The van der Waals surface area contributed by atoms with E-state index in [1.54, 1.807) is 54.7 Å². The van der Waals surface area contributed by atoms with Crippen molar-refractivity contribution in [2.75, 3.05) is 18.5 Å². The van der Waals surface area contributed by atoms with Crippen molar-refractivity contribution in [3.63, 3.8) is 0 Å². The van der Waals surface area contributed by atoms with Gasteiger partial charge in [-0.15, -0.1) is 0 Å². The molecule has 5 rings (SSSR count). The minimum atomic E-state index is -3.88. The maximum Gasteiger partial charge on any atom is 0.412 e. The molecule has 1 amide bonds. The van der Waals surface area contributed by atoms with E-state index in [1.807, 2.05) is 6.07 Å². The normalized spacial score (nSPS) is 24.9. The van der Waals surface area contributed by atoms with Crippen molar-refractivity contribution in [1.29, 1.82) is 0 Å². The topological polar surface area (TPSA) is 116 Å². The highest BCUT2D eigenvalue weighted by Crippen LogP contribution is 2.30. The van der Waals surface area contributed by atoms with Gasteiger partial charge in [0.2, 0.25) is 10.0 Å². The maximum absolute atomic E-state index is 13.1. The van der Waals surface area contributed by atoms with Gasteiger partial charge in [-0.2, -0.15) is 0 Å². The van der Waals surface area contributed by atoms with Gasteiger partial charge in [0.05, 0.1) is 24.8 Å². The predicted molar refractivity (Wildman–Crippen MR) is 116 cm³/mol. The van der Waals surface area contributed by atoms with E-state index in [9.17, 15) is 13.2 Å². The second-order valence-electron chi connectivity index (χ2n) is 7.59. The first-order valence-electron chi connectivity index (χ1n) is 10.1. The van der Waals surface area contributed by atoms with E-state index in [-0.39, 0.29) is 18.1 Å². The van der Waals surface area contributed by atoms with Crippen LogP contribution in [-0.4, -0.2) is 57.1 Å². The van der Waals surface area contributed by atoms with Gasteiger partial charge in [-0.3, -0.25) is 10.3 Å². The van der Waals surface area contributed by atoms with Crippen LogP contribution in [0.25, 0.3) is 10.9 Å². The molecule has 4 atom stereocenters. The molecule has 166 valence electrons. The summed E-state index contributed by atoms with van der Waals surface area (Å²) < 4.78 is 45.8. The van der Waals surface area contributed by atoms with Crippen LogP contribution in [0.2, 0.25) is 0 Å². The van der Waals surface area contributed by atoms with E-state index in [0.29, 0.717) is 11.2 Å². The van der Waals surface area contributed by atoms with Gasteiger partial charge in [0.15, 0.2) is 6.10 Å². The minimum Gasteiger partial charge on any atom is -0.441 e. The minimum absolute atomic E-state index is 0.0899. The van der Waals surface area contributed by atoms with Gasteiger partial charge in [0.1, 0.15) is 17.1 Å². The summed E-state index contributed by atoms with van der Waals surface area (Å²) in [5.74, 6) is 0. The summed E-state index contributed by atoms with van der Waals surface area (Å²) >= 11 is 0. The van der Waals surface area contributed by atoms with Gasteiger partial charge in [-0.1, -0.05) is 36.4 Å². The molecule has 3 aromatic rings. The summed E-state index contributed by atoms with van der Waals surface area (Å²) in [6.07, 6.45) is -0.840. The van der Waals surface area contributed by atoms with Gasteiger partial charge in [0.25, 0.3) is 0 Å². The van der Waals surface area contributed by atoms with Crippen LogP contribution in [0.15, 0.2) is 71.8 Å². The third kappa shape index (κ3) is 4.05. The lowest BCUT2D eigenvalue weighted by atomic mass is 10.1. The number of fused-ring (bicyclic) bond motifs is 2. The number of carbonyl (C=O) groups is 1. The molecule has 32 heavy (non-hydrogen) atoms. The molecule has 2 saturated heterocycles. The SMILES string of the molecule is O=C(Nc1ccccc1)O[C@H]1CO[C@@H]2[C@@H]1OC[C@@H]2NS(=O)(=O)c1cccc2cccnc12. The highest BCUT2D eigenvalue weighted by molar-refractivity contribution is 7.89. The van der Waals surface area contributed by atoms with Crippen molar-refractivity contribution in [3.8, 4) is 0 Å². The number of benzene rings is 2. The van der Waals surface area contributed by atoms with Gasteiger partial charge in [-0.25, -0.2) is 17.9 Å². The summed E-state index contributed by atoms with van der Waals surface area (Å²) in [6, 6.07) is 16.9. The summed E-state index contributed by atoms with van der Waals surface area (Å²) in [7, 11) is -3.88. The first-order chi connectivity index (χ1) is 15.5. The lowest BCUT2D eigenvalue weighted by molar-refractivity contribution is 0.00883. The third-order valence-electron chi connectivity index (χ3n) is 5.48. The Morgan fingerprint density at radius 3 is 2.59 bits per heavy atom. The Hall–Kier alpha value is -3.05. The Labute approximate surface area is 184 Å². The molecule has 2 fully saturated rings. The average Bonchev–Trinajstić information content (AvgIpc) is 3.37. The van der Waals surface area contributed by atoms with E-state index in [2.05, 4.69) is 15.0 Å². The van der Waals surface area contributed by atoms with Crippen LogP contribution < -0.4 is 10.0 Å². The fourth-order valence-corrected chi connectivity index (χ4v) is 5.44. The summed E-state index contributed by atoms with van der Waals surface area (Å²) in [6.45, 7) is 0.221. The average molecular weight is 455 g/mol. The molecule has 0 bridgehead atoms. The lowest BCUT2D eigenvalue weighted by Gasteiger charge is -2.18. The fourth-order valence-electron chi connectivity index (χ4n) is 4.03. The number of pyridine rings is 1. The first kappa shape index (κ1) is 20.8. The number of hydrogen-bond donors (Lipinski definition) is 2. The molecule has 3 heterocycles. The zero-order valence-electron chi connectivity index (χ0n) is 16.9. The molecule has 2 aromatic carbocycles. The largest absolute Gasteiger partial charge is 0.441 e. The molecule has 1 aromatic heterocycles. The van der Waals surface area contributed by atoms with Crippen molar-refractivity contribution in [2.45, 2.75) is 29.2 Å². The van der Waals surface area contributed by atoms with Crippen LogP contribution in [0.3, 0.4) is 0 Å². The Balaban J connectivity index is 1.26. The number of ether oxygens (including phenoxy) is 3. The van der Waals surface area contributed by atoms with Crippen molar-refractivity contribution >= 4 is 32.7 Å². The fraction of sp³-hybridized carbons (Fsp3) is 0.273. The van der Waals surface area contributed by atoms with E-state index in [4.69, 9.17) is 14.2 Å². The zero-order valence-corrected chi connectivity index (χ0v) is 17.7. The summed E-state index contributed by atoms with van der Waals surface area (Å²) in [4.78, 5) is 16.5. The number of para-hydroxylation sites is 2. The number of aromatic nitrogens is 1. The van der Waals surface area contributed by atoms with Gasteiger partial charge in [0, 0.05) is 17.3 Å². The third-order valence-corrected chi connectivity index (χ3v) is 7.00. The highest BCUT2D eigenvalue weighted by atomic mass is 32.2. The van der Waals surface area contributed by atoms with Crippen molar-refractivity contribution in [2.24, 2.45) is 0 Å². The molecule has 0 saturated carbocycles. The summed E-state index contributed by atoms with van der Waals surface area (Å²) in [5.41, 5.74) is 0.999. The Morgan fingerprint density at radius 1 is 0.969 bits per heavy atom. The second kappa shape index (κ2) is 8.47. The van der Waals surface area contributed by atoms with Gasteiger partial charge >= 0.3 is 6.09 Å². The molecule has 2 aliphatic rings. The number of carbonyl (C=O) groups excluding carboxylic acids is 1. The van der Waals surface area contributed by atoms with Crippen LogP contribution in [0.4, 0.5) is 10.5 Å². The van der Waals surface area contributed by atoms with E-state index in [1.165, 1.54) is 6.07 Å². The number of nitrogens with one attached hydrogen (secondary N) is 2. The zero-order chi connectivity index (χ0) is 22.1. The highest BCUT2D eigenvalue weighted by Gasteiger charge is 2.50. The molecular weight excluding hydrogens is 434 g/mol. The Bertz CT molecular complexity index is 1230. The first-order valence-corrected chi connectivity index (χ1v) is 11.6. The number of sulfonamides is 1. The van der Waals surface area contributed by atoms with Crippen molar-refractivity contribution in [1.82, 2.24) is 9.71 Å². The predicted octanol–water partition coefficient (Wildman–Crippen LogP) is 2.30. The standard InChI is InChI=1S/C22H21N3O6S/c26-22(24-15-8-2-1-3-9-15)31-17-13-30-20-16(12-29-21(17)20)25-32(27,28)18-10-4-6-14-7-5-11-23-19(14)18/h1-11,16-17,20-21,25H,12-13H2,(H,24,26)/t16-,17-,20-,21+/m0/s1. The maximum atomic E-state index is 13.1. The van der Waals surface area contributed by atoms with Crippen molar-refractivity contribution in [3.05, 3.63) is 66.9 Å². The van der Waals surface area contributed by atoms with Crippen LogP contribution in [-0.2, 0) is 24.2 Å². The molecule has 10 heteroatoms. The second-order valence-corrected chi connectivity index (χ2v) is 9.27.